The van der Waals surface area contributed by atoms with Gasteiger partial charge in [0.25, 0.3) is 0 Å². The first-order valence-corrected chi connectivity index (χ1v) is 9.73. The van der Waals surface area contributed by atoms with E-state index in [0.29, 0.717) is 25.9 Å². The molecular weight excluding hydrogens is 470 g/mol. The van der Waals surface area contributed by atoms with Crippen molar-refractivity contribution in [2.75, 3.05) is 32.1 Å². The number of anilines is 1. The predicted molar refractivity (Wildman–Crippen MR) is 111 cm³/mol. The monoisotopic (exact) mass is 494 g/mol. The molecule has 6 nitrogen and oxygen atoms in total. The fourth-order valence-corrected chi connectivity index (χ4v) is 3.27. The van der Waals surface area contributed by atoms with Gasteiger partial charge in [-0.1, -0.05) is 0 Å². The number of hydrogen-bond acceptors (Lipinski definition) is 5. The number of alkyl halides is 6. The first-order valence-electron chi connectivity index (χ1n) is 9.04. The number of rotatable bonds is 7. The Morgan fingerprint density at radius 3 is 2.26 bits per heavy atom. The van der Waals surface area contributed by atoms with Crippen molar-refractivity contribution in [3.8, 4) is 0 Å². The van der Waals surface area contributed by atoms with E-state index in [1.165, 1.54) is 12.1 Å². The highest BCUT2D eigenvalue weighted by Gasteiger charge is 2.30. The normalized spacial score (nSPS) is 16.1. The first kappa shape index (κ1) is 27.7. The summed E-state index contributed by atoms with van der Waals surface area (Å²) in [5.41, 5.74) is -0.560. The Hall–Kier alpha value is -1.35. The number of nitrogens with one attached hydrogen (secondary N) is 2. The number of carbonyl (C=O) groups excluding carboxylic acids is 1. The molecule has 2 N–H and O–H groups in total. The molecule has 0 atom stereocenters. The van der Waals surface area contributed by atoms with Crippen LogP contribution in [0.15, 0.2) is 24.3 Å². The molecule has 0 radical (unpaired) electrons. The molecule has 1 aliphatic heterocycles. The molecule has 178 valence electrons. The number of benzene rings is 1. The molecule has 31 heavy (non-hydrogen) atoms. The van der Waals surface area contributed by atoms with Crippen LogP contribution in [0.2, 0.25) is 0 Å². The van der Waals surface area contributed by atoms with Crippen LogP contribution in [0.1, 0.15) is 24.8 Å². The van der Waals surface area contributed by atoms with Crippen LogP contribution >= 0.6 is 25.7 Å². The zero-order valence-electron chi connectivity index (χ0n) is 16.5. The third kappa shape index (κ3) is 10.2. The van der Waals surface area contributed by atoms with Crippen molar-refractivity contribution in [2.24, 2.45) is 0 Å². The Kier molecular flexibility index (Phi) is 10.8. The SMILES string of the molecule is CN(SOCCC(F)(F)F)N1CCC(NC(=O)Nc2ccc(C(F)(F)F)cc2)CC1.S. The lowest BCUT2D eigenvalue weighted by Crippen LogP contribution is -2.49. The molecule has 1 aromatic rings. The molecule has 2 amide bonds. The van der Waals surface area contributed by atoms with Crippen molar-refractivity contribution in [1.29, 1.82) is 0 Å². The summed E-state index contributed by atoms with van der Waals surface area (Å²) >= 11 is 0.823. The number of hydrazine groups is 1. The highest BCUT2D eigenvalue weighted by atomic mass is 32.2. The van der Waals surface area contributed by atoms with Crippen LogP contribution in [0.3, 0.4) is 0 Å². The minimum atomic E-state index is -4.44. The Morgan fingerprint density at radius 2 is 1.74 bits per heavy atom. The summed E-state index contributed by atoms with van der Waals surface area (Å²) in [5, 5.41) is 7.13. The second-order valence-electron chi connectivity index (χ2n) is 6.63. The van der Waals surface area contributed by atoms with Crippen molar-refractivity contribution >= 4 is 37.4 Å². The Morgan fingerprint density at radius 1 is 1.16 bits per heavy atom. The topological polar surface area (TPSA) is 56.8 Å². The maximum atomic E-state index is 12.6. The molecule has 14 heteroatoms. The largest absolute Gasteiger partial charge is 0.416 e. The first-order chi connectivity index (χ1) is 13.9. The van der Waals surface area contributed by atoms with Gasteiger partial charge in [0.1, 0.15) is 0 Å². The summed E-state index contributed by atoms with van der Waals surface area (Å²) in [4.78, 5) is 12.0. The summed E-state index contributed by atoms with van der Waals surface area (Å²) in [6.07, 6.45) is -8.54. The molecular formula is C17H24F6N4O2S2. The average Bonchev–Trinajstić information content (AvgIpc) is 2.64. The molecule has 1 fully saturated rings. The van der Waals surface area contributed by atoms with E-state index in [0.717, 1.165) is 24.4 Å². The average molecular weight is 495 g/mol. The zero-order valence-corrected chi connectivity index (χ0v) is 18.3. The van der Waals surface area contributed by atoms with Gasteiger partial charge in [0.05, 0.1) is 30.8 Å². The van der Waals surface area contributed by atoms with Crippen LogP contribution in [0.25, 0.3) is 0 Å². The lowest BCUT2D eigenvalue weighted by atomic mass is 10.1. The third-order valence-corrected chi connectivity index (χ3v) is 5.02. The van der Waals surface area contributed by atoms with E-state index in [4.69, 9.17) is 4.18 Å². The van der Waals surface area contributed by atoms with Gasteiger partial charge in [-0.2, -0.15) is 44.3 Å². The van der Waals surface area contributed by atoms with E-state index in [-0.39, 0.29) is 25.2 Å². The van der Waals surface area contributed by atoms with Crippen LogP contribution in [-0.4, -0.2) is 54.4 Å². The van der Waals surface area contributed by atoms with Gasteiger partial charge in [0, 0.05) is 31.9 Å². The van der Waals surface area contributed by atoms with E-state index in [9.17, 15) is 31.1 Å². The van der Waals surface area contributed by atoms with Gasteiger partial charge in [-0.3, -0.25) is 4.18 Å². The van der Waals surface area contributed by atoms with Crippen LogP contribution in [0.5, 0.6) is 0 Å². The third-order valence-electron chi connectivity index (χ3n) is 4.30. The van der Waals surface area contributed by atoms with E-state index in [2.05, 4.69) is 10.6 Å². The van der Waals surface area contributed by atoms with Gasteiger partial charge in [0.15, 0.2) is 0 Å². The van der Waals surface area contributed by atoms with E-state index >= 15 is 0 Å². The van der Waals surface area contributed by atoms with Crippen molar-refractivity contribution in [2.45, 2.75) is 37.7 Å². The summed E-state index contributed by atoms with van der Waals surface area (Å²) in [5.74, 6) is 0. The Bertz CT molecular complexity index is 683. The van der Waals surface area contributed by atoms with Crippen molar-refractivity contribution in [3.63, 3.8) is 0 Å². The summed E-state index contributed by atoms with van der Waals surface area (Å²) < 4.78 is 80.5. The second-order valence-corrected chi connectivity index (χ2v) is 7.54. The summed E-state index contributed by atoms with van der Waals surface area (Å²) in [6, 6.07) is 3.47. The quantitative estimate of drug-likeness (QED) is 0.247. The lowest BCUT2D eigenvalue weighted by Gasteiger charge is -2.36. The van der Waals surface area contributed by atoms with Gasteiger partial charge >= 0.3 is 18.4 Å². The molecule has 0 aromatic heterocycles. The maximum Gasteiger partial charge on any atom is 0.416 e. The van der Waals surface area contributed by atoms with E-state index < -0.39 is 37.0 Å². The van der Waals surface area contributed by atoms with Gasteiger partial charge in [-0.25, -0.2) is 9.80 Å². The summed E-state index contributed by atoms with van der Waals surface area (Å²) in [6.45, 7) is 0.662. The molecule has 0 unspecified atom stereocenters. The second kappa shape index (κ2) is 12.0. The minimum Gasteiger partial charge on any atom is -0.335 e. The fraction of sp³-hybridized carbons (Fsp3) is 0.588. The maximum absolute atomic E-state index is 12.6. The Labute approximate surface area is 187 Å². The zero-order chi connectivity index (χ0) is 22.4. The standard InChI is InChI=1S/C17H22F6N4O2S.H2S/c1-26(30-29-11-8-16(18,19)20)27-9-6-14(7-10-27)25-15(28)24-13-4-2-12(3-5-13)17(21,22)23;/h2-5,14H,6-11H2,1H3,(H2,24,25,28);1H2. The molecule has 1 saturated heterocycles. The van der Waals surface area contributed by atoms with Gasteiger partial charge in [-0.15, -0.1) is 0 Å². The number of hydrogen-bond donors (Lipinski definition) is 2. The van der Waals surface area contributed by atoms with Crippen LogP contribution < -0.4 is 10.6 Å². The van der Waals surface area contributed by atoms with Crippen molar-refractivity contribution < 1.29 is 35.3 Å². The molecule has 0 bridgehead atoms. The smallest absolute Gasteiger partial charge is 0.335 e. The minimum absolute atomic E-state index is 0. The number of urea groups is 1. The van der Waals surface area contributed by atoms with Gasteiger partial charge in [-0.05, 0) is 37.1 Å². The van der Waals surface area contributed by atoms with Crippen LogP contribution in [0.4, 0.5) is 36.8 Å². The number of piperidine rings is 1. The fourth-order valence-electron chi connectivity index (χ4n) is 2.71. The van der Waals surface area contributed by atoms with Gasteiger partial charge < -0.3 is 10.6 Å². The summed E-state index contributed by atoms with van der Waals surface area (Å²) in [7, 11) is 1.67. The molecule has 1 aromatic carbocycles. The highest BCUT2D eigenvalue weighted by molar-refractivity contribution is 7.92. The van der Waals surface area contributed by atoms with Crippen molar-refractivity contribution in [1.82, 2.24) is 14.7 Å². The number of halogens is 6. The molecule has 0 aliphatic carbocycles. The van der Waals surface area contributed by atoms with E-state index in [1.807, 2.05) is 5.01 Å². The molecule has 0 saturated carbocycles. The predicted octanol–water partition coefficient (Wildman–Crippen LogP) is 4.78. The lowest BCUT2D eigenvalue weighted by molar-refractivity contribution is -0.139. The molecule has 2 rings (SSSR count). The van der Waals surface area contributed by atoms with Crippen LogP contribution in [0, 0.1) is 0 Å². The van der Waals surface area contributed by atoms with Crippen LogP contribution in [-0.2, 0) is 10.4 Å². The molecule has 1 heterocycles. The number of amides is 2. The number of nitrogens with zero attached hydrogens (tertiary/aromatic N) is 2. The Balaban J connectivity index is 0.00000480. The molecule has 1 aliphatic rings. The molecule has 0 spiro atoms. The highest BCUT2D eigenvalue weighted by Crippen LogP contribution is 2.29. The van der Waals surface area contributed by atoms with Crippen molar-refractivity contribution in [3.05, 3.63) is 29.8 Å². The number of carbonyl (C=O) groups is 1. The van der Waals surface area contributed by atoms with Gasteiger partial charge in [0.2, 0.25) is 0 Å². The van der Waals surface area contributed by atoms with E-state index in [1.54, 1.807) is 11.5 Å².